The predicted molar refractivity (Wildman–Crippen MR) is 194 cm³/mol. The fourth-order valence-electron chi connectivity index (χ4n) is 7.22. The number of carbonyl (C=O) groups is 2. The number of thiazole rings is 1. The average Bonchev–Trinajstić information content (AvgIpc) is 3.81. The number of benzene rings is 5. The van der Waals surface area contributed by atoms with E-state index in [4.69, 9.17) is 10.7 Å². The zero-order valence-electron chi connectivity index (χ0n) is 27.3. The number of hydrogen-bond donors (Lipinski definition) is 2. The van der Waals surface area contributed by atoms with E-state index in [1.165, 1.54) is 11.3 Å². The molecule has 254 valence electrons. The molecule has 2 aromatic heterocycles. The van der Waals surface area contributed by atoms with Gasteiger partial charge in [-0.25, -0.2) is 9.97 Å². The molecule has 0 saturated heterocycles. The summed E-state index contributed by atoms with van der Waals surface area (Å²) in [5.41, 5.74) is 13.7. The van der Waals surface area contributed by atoms with Crippen LogP contribution in [0.3, 0.4) is 0 Å². The zero-order chi connectivity index (χ0) is 35.4. The Morgan fingerprint density at radius 2 is 1.53 bits per heavy atom. The Labute approximate surface area is 294 Å². The van der Waals surface area contributed by atoms with Crippen LogP contribution in [0, 0.1) is 0 Å². The summed E-state index contributed by atoms with van der Waals surface area (Å²) >= 11 is 1.49. The van der Waals surface area contributed by atoms with Gasteiger partial charge in [0, 0.05) is 16.7 Å². The highest BCUT2D eigenvalue weighted by Gasteiger charge is 2.40. The van der Waals surface area contributed by atoms with Crippen molar-refractivity contribution in [2.75, 3.05) is 12.3 Å². The lowest BCUT2D eigenvalue weighted by Crippen LogP contribution is -2.37. The number of carbonyl (C=O) groups excluding carboxylic acids is 2. The van der Waals surface area contributed by atoms with Crippen LogP contribution in [-0.4, -0.2) is 38.9 Å². The van der Waals surface area contributed by atoms with Gasteiger partial charge in [0.1, 0.15) is 11.6 Å². The fraction of sp³-hybridized carbons (Fsp3) is 0.150. The molecule has 0 saturated carbocycles. The maximum Gasteiger partial charge on any atom is 0.405 e. The second-order valence-electron chi connectivity index (χ2n) is 12.5. The van der Waals surface area contributed by atoms with Crippen molar-refractivity contribution in [2.24, 2.45) is 0 Å². The first-order valence-corrected chi connectivity index (χ1v) is 17.3. The van der Waals surface area contributed by atoms with Gasteiger partial charge in [-0.05, 0) is 64.6 Å². The van der Waals surface area contributed by atoms with Gasteiger partial charge in [0.15, 0.2) is 5.78 Å². The normalized spacial score (nSPS) is 13.8. The summed E-state index contributed by atoms with van der Waals surface area (Å²) in [5, 5.41) is 2.82. The van der Waals surface area contributed by atoms with E-state index < -0.39 is 24.5 Å². The molecule has 0 radical (unpaired) electrons. The number of halogens is 3. The third-order valence-electron chi connectivity index (χ3n) is 9.27. The molecule has 1 atom stereocenters. The second kappa shape index (κ2) is 12.5. The van der Waals surface area contributed by atoms with E-state index in [1.807, 2.05) is 79.7 Å². The number of nitrogens with one attached hydrogen (secondary N) is 1. The number of para-hydroxylation sites is 3. The lowest BCUT2D eigenvalue weighted by Gasteiger charge is -2.24. The first kappa shape index (κ1) is 32.4. The summed E-state index contributed by atoms with van der Waals surface area (Å²) in [4.78, 5) is 38.5. The largest absolute Gasteiger partial charge is 0.405 e. The summed E-state index contributed by atoms with van der Waals surface area (Å²) in [6, 6.07) is 31.4. The van der Waals surface area contributed by atoms with Gasteiger partial charge < -0.3 is 11.1 Å². The minimum atomic E-state index is -4.59. The summed E-state index contributed by atoms with van der Waals surface area (Å²) in [6.07, 6.45) is -3.58. The van der Waals surface area contributed by atoms with Gasteiger partial charge in [0.2, 0.25) is 11.9 Å². The minimum absolute atomic E-state index is 0.135. The lowest BCUT2D eigenvalue weighted by molar-refractivity contribution is -0.138. The Bertz CT molecular complexity index is 2490. The number of hydrogen-bond acceptors (Lipinski definition) is 6. The maximum atomic E-state index is 15.2. The molecule has 1 amide bonds. The Morgan fingerprint density at radius 1 is 0.843 bits per heavy atom. The van der Waals surface area contributed by atoms with Crippen molar-refractivity contribution >= 4 is 50.2 Å². The Balaban J connectivity index is 1.42. The van der Waals surface area contributed by atoms with Crippen LogP contribution in [0.4, 0.5) is 19.1 Å². The Hall–Kier alpha value is -5.81. The molecule has 7 nitrogen and oxygen atoms in total. The number of aromatic nitrogens is 3. The quantitative estimate of drug-likeness (QED) is 0.154. The molecule has 0 spiro atoms. The van der Waals surface area contributed by atoms with Gasteiger partial charge in [-0.15, -0.1) is 11.3 Å². The zero-order valence-corrected chi connectivity index (χ0v) is 28.1. The van der Waals surface area contributed by atoms with Crippen molar-refractivity contribution < 1.29 is 22.8 Å². The Morgan fingerprint density at radius 3 is 2.29 bits per heavy atom. The minimum Gasteiger partial charge on any atom is -0.369 e. The molecule has 3 N–H and O–H groups in total. The molecule has 1 aliphatic carbocycles. The molecule has 5 aromatic carbocycles. The van der Waals surface area contributed by atoms with Gasteiger partial charge in [-0.2, -0.15) is 13.2 Å². The van der Waals surface area contributed by atoms with Crippen LogP contribution in [0.15, 0.2) is 103 Å². The van der Waals surface area contributed by atoms with Gasteiger partial charge in [-0.3, -0.25) is 14.2 Å². The first-order chi connectivity index (χ1) is 24.6. The molecule has 7 aromatic rings. The summed E-state index contributed by atoms with van der Waals surface area (Å²) in [7, 11) is 0. The number of nitrogens with zero attached hydrogens (tertiary/aromatic N) is 3. The van der Waals surface area contributed by atoms with Crippen LogP contribution in [0.25, 0.3) is 48.6 Å². The molecule has 0 bridgehead atoms. The van der Waals surface area contributed by atoms with Crippen LogP contribution in [0.2, 0.25) is 0 Å². The molecule has 11 heteroatoms. The standard InChI is InChI=1S/C40H30F3N5O2S/c1-2-11-26-33-27(22-12-3-4-13-23(22)34(33)37(50)45-21-40(41,42)43)20-28(35(26)48-31-18-9-7-16-29(31)47-39(48)44)36(49)24-14-5-6-15-25(24)38-46-30-17-8-10-19-32(30)51-38/h3-10,12-20,34H,2,11,21H2,1H3,(H2,44,47)(H,45,50). The van der Waals surface area contributed by atoms with E-state index in [0.29, 0.717) is 79.1 Å². The van der Waals surface area contributed by atoms with E-state index in [2.05, 4.69) is 10.3 Å². The summed E-state index contributed by atoms with van der Waals surface area (Å²) in [5.74, 6) is -1.98. The average molecular weight is 702 g/mol. The van der Waals surface area contributed by atoms with E-state index in [1.54, 1.807) is 34.9 Å². The SMILES string of the molecule is CCCc1c2c(cc(C(=O)c3ccccc3-c3nc4ccccc4s3)c1-n1c(N)nc3ccccc31)-c1ccccc1C2C(=O)NCC(F)(F)F. The molecular formula is C40H30F3N5O2S. The third-order valence-corrected chi connectivity index (χ3v) is 10.3. The number of nitrogens with two attached hydrogens (primary N) is 1. The van der Waals surface area contributed by atoms with Crippen molar-refractivity contribution in [3.05, 3.63) is 131 Å². The molecule has 51 heavy (non-hydrogen) atoms. The molecule has 1 unspecified atom stereocenters. The van der Waals surface area contributed by atoms with Crippen molar-refractivity contribution in [3.63, 3.8) is 0 Å². The Kier molecular flexibility index (Phi) is 7.94. The number of anilines is 1. The predicted octanol–water partition coefficient (Wildman–Crippen LogP) is 8.86. The lowest BCUT2D eigenvalue weighted by atomic mass is 9.85. The highest BCUT2D eigenvalue weighted by Crippen LogP contribution is 2.50. The molecule has 8 rings (SSSR count). The third kappa shape index (κ3) is 5.54. The first-order valence-electron chi connectivity index (χ1n) is 16.5. The molecule has 0 fully saturated rings. The monoisotopic (exact) mass is 701 g/mol. The highest BCUT2D eigenvalue weighted by molar-refractivity contribution is 7.21. The van der Waals surface area contributed by atoms with E-state index in [9.17, 15) is 18.0 Å². The van der Waals surface area contributed by atoms with E-state index in [0.717, 1.165) is 10.2 Å². The van der Waals surface area contributed by atoms with Crippen LogP contribution in [0.5, 0.6) is 0 Å². The van der Waals surface area contributed by atoms with Crippen molar-refractivity contribution in [2.45, 2.75) is 31.9 Å². The topological polar surface area (TPSA) is 103 Å². The highest BCUT2D eigenvalue weighted by atomic mass is 32.1. The number of fused-ring (bicyclic) bond motifs is 5. The number of rotatable bonds is 8. The number of imidazole rings is 1. The van der Waals surface area contributed by atoms with E-state index >= 15 is 4.79 Å². The number of alkyl halides is 3. The maximum absolute atomic E-state index is 15.2. The van der Waals surface area contributed by atoms with E-state index in [-0.39, 0.29) is 11.7 Å². The fourth-order valence-corrected chi connectivity index (χ4v) is 8.22. The van der Waals surface area contributed by atoms with Crippen molar-refractivity contribution in [1.29, 1.82) is 0 Å². The molecule has 0 aliphatic heterocycles. The van der Waals surface area contributed by atoms with Crippen molar-refractivity contribution in [1.82, 2.24) is 19.9 Å². The van der Waals surface area contributed by atoms with Crippen LogP contribution in [-0.2, 0) is 11.2 Å². The van der Waals surface area contributed by atoms with Gasteiger partial charge in [0.25, 0.3) is 0 Å². The van der Waals surface area contributed by atoms with Gasteiger partial charge in [0.05, 0.1) is 32.9 Å². The van der Waals surface area contributed by atoms with Crippen molar-refractivity contribution in [3.8, 4) is 27.4 Å². The molecule has 1 aliphatic rings. The smallest absolute Gasteiger partial charge is 0.369 e. The van der Waals surface area contributed by atoms with Gasteiger partial charge >= 0.3 is 6.18 Å². The number of ketones is 1. The van der Waals surface area contributed by atoms with Gasteiger partial charge in [-0.1, -0.05) is 86.1 Å². The summed E-state index contributed by atoms with van der Waals surface area (Å²) in [6.45, 7) is 0.511. The summed E-state index contributed by atoms with van der Waals surface area (Å²) < 4.78 is 42.9. The number of amides is 1. The molecular weight excluding hydrogens is 672 g/mol. The second-order valence-corrected chi connectivity index (χ2v) is 13.5. The van der Waals surface area contributed by atoms with Crippen LogP contribution < -0.4 is 11.1 Å². The number of nitrogen functional groups attached to an aromatic ring is 1. The van der Waals surface area contributed by atoms with Crippen LogP contribution >= 0.6 is 11.3 Å². The molecule has 2 heterocycles. The van der Waals surface area contributed by atoms with Crippen LogP contribution in [0.1, 0.15) is 51.9 Å².